The topological polar surface area (TPSA) is 86.9 Å². The van der Waals surface area contributed by atoms with E-state index in [2.05, 4.69) is 4.98 Å². The van der Waals surface area contributed by atoms with Crippen molar-refractivity contribution in [1.82, 2.24) is 9.55 Å². The molecule has 1 heterocycles. The number of hydrogen-bond donors (Lipinski definition) is 2. The summed E-state index contributed by atoms with van der Waals surface area (Å²) in [5.74, 6) is -0.409. The van der Waals surface area contributed by atoms with Gasteiger partial charge in [0.05, 0.1) is 18.1 Å². The number of imidazole rings is 1. The van der Waals surface area contributed by atoms with Crippen LogP contribution < -0.4 is 11.5 Å². The zero-order valence-corrected chi connectivity index (χ0v) is 6.90. The Bertz CT molecular complexity index is 281. The highest BCUT2D eigenvalue weighted by atomic mass is 16.1. The SMILES string of the molecule is Cn1cnc([C@@H](N)CC(N)=O)c1. The number of carbonyl (C=O) groups excluding carboxylic acids is 1. The lowest BCUT2D eigenvalue weighted by molar-refractivity contribution is -0.118. The van der Waals surface area contributed by atoms with Gasteiger partial charge in [0, 0.05) is 19.7 Å². The molecule has 0 bridgehead atoms. The van der Waals surface area contributed by atoms with Gasteiger partial charge in [0.15, 0.2) is 0 Å². The van der Waals surface area contributed by atoms with Crippen LogP contribution in [0, 0.1) is 0 Å². The molecule has 0 aliphatic rings. The molecule has 0 aliphatic carbocycles. The Morgan fingerprint density at radius 2 is 2.50 bits per heavy atom. The van der Waals surface area contributed by atoms with Gasteiger partial charge in [-0.15, -0.1) is 0 Å². The van der Waals surface area contributed by atoms with Crippen molar-refractivity contribution in [3.8, 4) is 0 Å². The van der Waals surface area contributed by atoms with E-state index in [0.29, 0.717) is 5.69 Å². The first-order valence-electron chi connectivity index (χ1n) is 3.61. The quantitative estimate of drug-likeness (QED) is 0.625. The Labute approximate surface area is 70.4 Å². The molecule has 0 aliphatic heterocycles. The summed E-state index contributed by atoms with van der Waals surface area (Å²) in [5.41, 5.74) is 11.3. The van der Waals surface area contributed by atoms with E-state index in [4.69, 9.17) is 11.5 Å². The van der Waals surface area contributed by atoms with Crippen LogP contribution in [0.2, 0.25) is 0 Å². The molecule has 0 radical (unpaired) electrons. The molecule has 0 spiro atoms. The maximum absolute atomic E-state index is 10.5. The van der Waals surface area contributed by atoms with Crippen molar-refractivity contribution in [2.24, 2.45) is 18.5 Å². The van der Waals surface area contributed by atoms with E-state index in [1.165, 1.54) is 0 Å². The molecule has 0 unspecified atom stereocenters. The molecule has 0 aromatic carbocycles. The fourth-order valence-corrected chi connectivity index (χ4v) is 0.946. The monoisotopic (exact) mass is 168 g/mol. The van der Waals surface area contributed by atoms with Crippen molar-refractivity contribution in [1.29, 1.82) is 0 Å². The molecule has 1 aromatic rings. The van der Waals surface area contributed by atoms with Crippen LogP contribution >= 0.6 is 0 Å². The van der Waals surface area contributed by atoms with Gasteiger partial charge in [-0.3, -0.25) is 4.79 Å². The zero-order chi connectivity index (χ0) is 9.14. The number of aryl methyl sites for hydroxylation is 1. The van der Waals surface area contributed by atoms with Crippen molar-refractivity contribution in [2.45, 2.75) is 12.5 Å². The van der Waals surface area contributed by atoms with Crippen molar-refractivity contribution >= 4 is 5.91 Å². The average molecular weight is 168 g/mol. The Morgan fingerprint density at radius 1 is 1.83 bits per heavy atom. The third-order valence-electron chi connectivity index (χ3n) is 1.53. The molecule has 5 nitrogen and oxygen atoms in total. The number of nitrogens with zero attached hydrogens (tertiary/aromatic N) is 2. The van der Waals surface area contributed by atoms with Crippen molar-refractivity contribution in [2.75, 3.05) is 0 Å². The predicted molar refractivity (Wildman–Crippen MR) is 43.9 cm³/mol. The van der Waals surface area contributed by atoms with Crippen LogP contribution in [0.4, 0.5) is 0 Å². The fraction of sp³-hybridized carbons (Fsp3) is 0.429. The predicted octanol–water partition coefficient (Wildman–Crippen LogP) is -0.705. The highest BCUT2D eigenvalue weighted by molar-refractivity contribution is 5.74. The van der Waals surface area contributed by atoms with Crippen LogP contribution in [0.3, 0.4) is 0 Å². The van der Waals surface area contributed by atoms with E-state index < -0.39 is 5.91 Å². The molecule has 66 valence electrons. The molecule has 4 N–H and O–H groups in total. The van der Waals surface area contributed by atoms with Crippen molar-refractivity contribution in [3.63, 3.8) is 0 Å². The minimum atomic E-state index is -0.409. The Morgan fingerprint density at radius 3 is 2.92 bits per heavy atom. The lowest BCUT2D eigenvalue weighted by Crippen LogP contribution is -2.20. The summed E-state index contributed by atoms with van der Waals surface area (Å²) >= 11 is 0. The van der Waals surface area contributed by atoms with E-state index in [1.807, 2.05) is 7.05 Å². The van der Waals surface area contributed by atoms with Gasteiger partial charge in [-0.2, -0.15) is 0 Å². The van der Waals surface area contributed by atoms with Crippen LogP contribution in [-0.2, 0) is 11.8 Å². The van der Waals surface area contributed by atoms with Gasteiger partial charge < -0.3 is 16.0 Å². The minimum absolute atomic E-state index is 0.136. The summed E-state index contributed by atoms with van der Waals surface area (Å²) in [6, 6.07) is -0.385. The van der Waals surface area contributed by atoms with Gasteiger partial charge in [-0.25, -0.2) is 4.98 Å². The summed E-state index contributed by atoms with van der Waals surface area (Å²) in [5, 5.41) is 0. The number of rotatable bonds is 3. The minimum Gasteiger partial charge on any atom is -0.370 e. The largest absolute Gasteiger partial charge is 0.370 e. The van der Waals surface area contributed by atoms with Gasteiger partial charge >= 0.3 is 0 Å². The number of aromatic nitrogens is 2. The van der Waals surface area contributed by atoms with Gasteiger partial charge in [-0.1, -0.05) is 0 Å². The lowest BCUT2D eigenvalue weighted by atomic mass is 10.1. The van der Waals surface area contributed by atoms with Crippen LogP contribution in [0.5, 0.6) is 0 Å². The Balaban J connectivity index is 2.64. The molecular weight excluding hydrogens is 156 g/mol. The van der Waals surface area contributed by atoms with Gasteiger partial charge in [0.1, 0.15) is 0 Å². The highest BCUT2D eigenvalue weighted by Crippen LogP contribution is 2.09. The van der Waals surface area contributed by atoms with Gasteiger partial charge in [0.2, 0.25) is 5.91 Å². The molecule has 0 fully saturated rings. The lowest BCUT2D eigenvalue weighted by Gasteiger charge is -2.04. The molecule has 1 atom stereocenters. The molecule has 0 saturated heterocycles. The number of nitrogens with two attached hydrogens (primary N) is 2. The van der Waals surface area contributed by atoms with Crippen molar-refractivity contribution < 1.29 is 4.79 Å². The van der Waals surface area contributed by atoms with E-state index in [9.17, 15) is 4.79 Å². The van der Waals surface area contributed by atoms with Crippen LogP contribution in [0.25, 0.3) is 0 Å². The standard InChI is InChI=1S/C7H12N4O/c1-11-3-6(10-4-11)5(8)2-7(9)12/h3-5H,2,8H2,1H3,(H2,9,12)/t5-/m0/s1. The second-order valence-corrected chi connectivity index (χ2v) is 2.74. The third kappa shape index (κ3) is 2.06. The first kappa shape index (κ1) is 8.73. The first-order valence-corrected chi connectivity index (χ1v) is 3.61. The summed E-state index contributed by atoms with van der Waals surface area (Å²) < 4.78 is 1.77. The molecule has 1 rings (SSSR count). The average Bonchev–Trinajstić information content (AvgIpc) is 2.34. The summed E-state index contributed by atoms with van der Waals surface area (Å²) in [4.78, 5) is 14.5. The van der Waals surface area contributed by atoms with Gasteiger partial charge in [-0.05, 0) is 0 Å². The van der Waals surface area contributed by atoms with E-state index in [0.717, 1.165) is 0 Å². The normalized spacial score (nSPS) is 12.8. The molecule has 5 heteroatoms. The molecule has 12 heavy (non-hydrogen) atoms. The Kier molecular flexibility index (Phi) is 2.44. The van der Waals surface area contributed by atoms with E-state index in [1.54, 1.807) is 17.1 Å². The third-order valence-corrected chi connectivity index (χ3v) is 1.53. The number of carbonyl (C=O) groups is 1. The Hall–Kier alpha value is -1.36. The fourth-order valence-electron chi connectivity index (χ4n) is 0.946. The molecule has 0 saturated carbocycles. The summed E-state index contributed by atoms with van der Waals surface area (Å²) in [6.07, 6.45) is 3.54. The second-order valence-electron chi connectivity index (χ2n) is 2.74. The number of hydrogen-bond acceptors (Lipinski definition) is 3. The van der Waals surface area contributed by atoms with E-state index in [-0.39, 0.29) is 12.5 Å². The van der Waals surface area contributed by atoms with Crippen LogP contribution in [0.1, 0.15) is 18.2 Å². The maximum atomic E-state index is 10.5. The first-order chi connectivity index (χ1) is 5.59. The smallest absolute Gasteiger partial charge is 0.219 e. The molecular formula is C7H12N4O. The summed E-state index contributed by atoms with van der Waals surface area (Å²) in [6.45, 7) is 0. The van der Waals surface area contributed by atoms with Crippen LogP contribution in [-0.4, -0.2) is 15.5 Å². The number of amides is 1. The van der Waals surface area contributed by atoms with Gasteiger partial charge in [0.25, 0.3) is 0 Å². The van der Waals surface area contributed by atoms with Crippen molar-refractivity contribution in [3.05, 3.63) is 18.2 Å². The van der Waals surface area contributed by atoms with Crippen LogP contribution in [0.15, 0.2) is 12.5 Å². The zero-order valence-electron chi connectivity index (χ0n) is 6.90. The maximum Gasteiger partial charge on any atom is 0.219 e. The second kappa shape index (κ2) is 3.36. The van der Waals surface area contributed by atoms with E-state index >= 15 is 0 Å². The molecule has 1 aromatic heterocycles. The number of primary amides is 1. The highest BCUT2D eigenvalue weighted by Gasteiger charge is 2.10. The molecule has 1 amide bonds. The summed E-state index contributed by atoms with van der Waals surface area (Å²) in [7, 11) is 1.84.